The van der Waals surface area contributed by atoms with Crippen molar-refractivity contribution in [2.75, 3.05) is 24.6 Å². The van der Waals surface area contributed by atoms with Crippen molar-refractivity contribution >= 4 is 5.82 Å². The van der Waals surface area contributed by atoms with Gasteiger partial charge in [0.05, 0.1) is 6.61 Å². The van der Waals surface area contributed by atoms with E-state index in [1.807, 2.05) is 12.1 Å². The van der Waals surface area contributed by atoms with Crippen LogP contribution in [0.15, 0.2) is 12.1 Å². The van der Waals surface area contributed by atoms with Crippen molar-refractivity contribution in [2.45, 2.75) is 32.8 Å². The SMILES string of the molecule is CCc1cc(CO)cc(N2CCCC(CO)C2)n1. The van der Waals surface area contributed by atoms with E-state index in [1.54, 1.807) is 0 Å². The second-order valence-corrected chi connectivity index (χ2v) is 4.97. The third-order valence-electron chi connectivity index (χ3n) is 3.57. The first kappa shape index (κ1) is 13.3. The average molecular weight is 250 g/mol. The van der Waals surface area contributed by atoms with E-state index in [0.717, 1.165) is 49.4 Å². The fourth-order valence-electron chi connectivity index (χ4n) is 2.49. The zero-order valence-electron chi connectivity index (χ0n) is 11.0. The minimum atomic E-state index is 0.0553. The first-order chi connectivity index (χ1) is 8.76. The van der Waals surface area contributed by atoms with E-state index in [0.29, 0.717) is 5.92 Å². The molecule has 0 aromatic carbocycles. The number of aryl methyl sites for hydroxylation is 1. The first-order valence-corrected chi connectivity index (χ1v) is 6.73. The molecule has 0 bridgehead atoms. The number of aliphatic hydroxyl groups is 2. The molecule has 1 aliphatic rings. The quantitative estimate of drug-likeness (QED) is 0.847. The molecule has 2 N–H and O–H groups in total. The van der Waals surface area contributed by atoms with Crippen LogP contribution in [0.4, 0.5) is 5.82 Å². The number of rotatable bonds is 4. The maximum absolute atomic E-state index is 9.29. The summed E-state index contributed by atoms with van der Waals surface area (Å²) < 4.78 is 0. The van der Waals surface area contributed by atoms with E-state index >= 15 is 0 Å². The third kappa shape index (κ3) is 3.00. The van der Waals surface area contributed by atoms with Gasteiger partial charge in [-0.25, -0.2) is 4.98 Å². The zero-order chi connectivity index (χ0) is 13.0. The van der Waals surface area contributed by atoms with Crippen molar-refractivity contribution in [3.8, 4) is 0 Å². The Morgan fingerprint density at radius 3 is 2.89 bits per heavy atom. The van der Waals surface area contributed by atoms with Gasteiger partial charge in [-0.2, -0.15) is 0 Å². The predicted octanol–water partition coefficient (Wildman–Crippen LogP) is 1.34. The highest BCUT2D eigenvalue weighted by Crippen LogP contribution is 2.23. The Morgan fingerprint density at radius 1 is 1.39 bits per heavy atom. The average Bonchev–Trinajstić information content (AvgIpc) is 2.46. The molecule has 0 saturated carbocycles. The monoisotopic (exact) mass is 250 g/mol. The maximum atomic E-state index is 9.29. The van der Waals surface area contributed by atoms with E-state index in [-0.39, 0.29) is 13.2 Å². The highest BCUT2D eigenvalue weighted by molar-refractivity contribution is 5.43. The normalized spacial score (nSPS) is 20.2. The van der Waals surface area contributed by atoms with Gasteiger partial charge in [-0.05, 0) is 42.9 Å². The summed E-state index contributed by atoms with van der Waals surface area (Å²) in [6, 6.07) is 3.91. The van der Waals surface area contributed by atoms with Crippen molar-refractivity contribution in [3.63, 3.8) is 0 Å². The minimum Gasteiger partial charge on any atom is -0.396 e. The van der Waals surface area contributed by atoms with Crippen molar-refractivity contribution < 1.29 is 10.2 Å². The molecule has 100 valence electrons. The van der Waals surface area contributed by atoms with Crippen LogP contribution >= 0.6 is 0 Å². The van der Waals surface area contributed by atoms with Gasteiger partial charge in [0.15, 0.2) is 0 Å². The maximum Gasteiger partial charge on any atom is 0.129 e. The molecule has 0 spiro atoms. The summed E-state index contributed by atoms with van der Waals surface area (Å²) in [4.78, 5) is 6.85. The second-order valence-electron chi connectivity index (χ2n) is 4.97. The van der Waals surface area contributed by atoms with Gasteiger partial charge in [-0.15, -0.1) is 0 Å². The van der Waals surface area contributed by atoms with Gasteiger partial charge in [0, 0.05) is 25.4 Å². The Hall–Kier alpha value is -1.13. The number of anilines is 1. The Kier molecular flexibility index (Phi) is 4.55. The summed E-state index contributed by atoms with van der Waals surface area (Å²) in [5.74, 6) is 1.29. The summed E-state index contributed by atoms with van der Waals surface area (Å²) in [6.07, 6.45) is 3.06. The van der Waals surface area contributed by atoms with Crippen molar-refractivity contribution in [1.82, 2.24) is 4.98 Å². The molecule has 1 aliphatic heterocycles. The molecular formula is C14H22N2O2. The number of nitrogens with zero attached hydrogens (tertiary/aromatic N) is 2. The molecule has 1 saturated heterocycles. The molecule has 1 atom stereocenters. The van der Waals surface area contributed by atoms with Crippen LogP contribution in [0.5, 0.6) is 0 Å². The van der Waals surface area contributed by atoms with Crippen LogP contribution in [-0.2, 0) is 13.0 Å². The van der Waals surface area contributed by atoms with E-state index in [1.165, 1.54) is 0 Å². The second kappa shape index (κ2) is 6.16. The lowest BCUT2D eigenvalue weighted by Crippen LogP contribution is -2.37. The van der Waals surface area contributed by atoms with Gasteiger partial charge < -0.3 is 15.1 Å². The van der Waals surface area contributed by atoms with Crippen molar-refractivity contribution in [3.05, 3.63) is 23.4 Å². The molecule has 0 aliphatic carbocycles. The molecule has 2 heterocycles. The number of hydrogen-bond donors (Lipinski definition) is 2. The fourth-order valence-corrected chi connectivity index (χ4v) is 2.49. The number of aliphatic hydroxyl groups excluding tert-OH is 2. The fraction of sp³-hybridized carbons (Fsp3) is 0.643. The van der Waals surface area contributed by atoms with E-state index in [9.17, 15) is 10.2 Å². The molecule has 1 fully saturated rings. The number of pyridine rings is 1. The summed E-state index contributed by atoms with van der Waals surface area (Å²) in [6.45, 7) is 4.22. The standard InChI is InChI=1S/C14H22N2O2/c1-2-13-6-12(10-18)7-14(15-13)16-5-3-4-11(8-16)9-17/h6-7,11,17-18H,2-5,8-10H2,1H3. The van der Waals surface area contributed by atoms with Gasteiger partial charge in [-0.3, -0.25) is 0 Å². The largest absolute Gasteiger partial charge is 0.396 e. The van der Waals surface area contributed by atoms with Gasteiger partial charge in [0.25, 0.3) is 0 Å². The van der Waals surface area contributed by atoms with Crippen LogP contribution in [0.3, 0.4) is 0 Å². The molecule has 4 heteroatoms. The summed E-state index contributed by atoms with van der Waals surface area (Å²) >= 11 is 0. The molecule has 1 unspecified atom stereocenters. The van der Waals surface area contributed by atoms with Crippen LogP contribution in [0, 0.1) is 5.92 Å². The molecule has 0 amide bonds. The van der Waals surface area contributed by atoms with Crippen LogP contribution < -0.4 is 4.90 Å². The summed E-state index contributed by atoms with van der Waals surface area (Å²) in [5.41, 5.74) is 1.94. The van der Waals surface area contributed by atoms with Gasteiger partial charge in [0.2, 0.25) is 0 Å². The molecule has 0 radical (unpaired) electrons. The molecule has 18 heavy (non-hydrogen) atoms. The van der Waals surface area contributed by atoms with E-state index < -0.39 is 0 Å². The van der Waals surface area contributed by atoms with Crippen LogP contribution in [0.2, 0.25) is 0 Å². The summed E-state index contributed by atoms with van der Waals surface area (Å²) in [7, 11) is 0. The van der Waals surface area contributed by atoms with E-state index in [2.05, 4.69) is 16.8 Å². The highest BCUT2D eigenvalue weighted by Gasteiger charge is 2.20. The Morgan fingerprint density at radius 2 is 2.22 bits per heavy atom. The molecule has 1 aromatic heterocycles. The molecular weight excluding hydrogens is 228 g/mol. The topological polar surface area (TPSA) is 56.6 Å². The zero-order valence-corrected chi connectivity index (χ0v) is 11.0. The van der Waals surface area contributed by atoms with Crippen molar-refractivity contribution in [2.24, 2.45) is 5.92 Å². The third-order valence-corrected chi connectivity index (χ3v) is 3.57. The summed E-state index contributed by atoms with van der Waals surface area (Å²) in [5, 5.41) is 18.6. The Labute approximate surface area is 108 Å². The van der Waals surface area contributed by atoms with Crippen LogP contribution in [0.1, 0.15) is 31.0 Å². The minimum absolute atomic E-state index is 0.0553. The molecule has 2 rings (SSSR count). The lowest BCUT2D eigenvalue weighted by Gasteiger charge is -2.33. The smallest absolute Gasteiger partial charge is 0.129 e. The van der Waals surface area contributed by atoms with Gasteiger partial charge >= 0.3 is 0 Å². The lowest BCUT2D eigenvalue weighted by molar-refractivity contribution is 0.208. The van der Waals surface area contributed by atoms with Gasteiger partial charge in [-0.1, -0.05) is 6.92 Å². The van der Waals surface area contributed by atoms with Crippen LogP contribution in [0.25, 0.3) is 0 Å². The first-order valence-electron chi connectivity index (χ1n) is 6.73. The number of aromatic nitrogens is 1. The highest BCUT2D eigenvalue weighted by atomic mass is 16.3. The molecule has 1 aromatic rings. The van der Waals surface area contributed by atoms with E-state index in [4.69, 9.17) is 0 Å². The Bertz CT molecular complexity index is 373. The lowest BCUT2D eigenvalue weighted by atomic mass is 9.99. The Balaban J connectivity index is 2.20. The number of piperidine rings is 1. The predicted molar refractivity (Wildman–Crippen MR) is 71.6 cm³/mol. The van der Waals surface area contributed by atoms with Crippen molar-refractivity contribution in [1.29, 1.82) is 0 Å². The molecule has 4 nitrogen and oxygen atoms in total. The van der Waals surface area contributed by atoms with Gasteiger partial charge in [0.1, 0.15) is 5.82 Å². The van der Waals surface area contributed by atoms with Crippen LogP contribution in [-0.4, -0.2) is 34.9 Å². The number of hydrogen-bond acceptors (Lipinski definition) is 4.